The van der Waals surface area contributed by atoms with E-state index in [2.05, 4.69) is 56.5 Å². The Morgan fingerprint density at radius 3 is 2.83 bits per heavy atom. The molecule has 18 heavy (non-hydrogen) atoms. The summed E-state index contributed by atoms with van der Waals surface area (Å²) in [6.07, 6.45) is 3.49. The van der Waals surface area contributed by atoms with Gasteiger partial charge in [-0.15, -0.1) is 0 Å². The minimum Gasteiger partial charge on any atom is -0.382 e. The largest absolute Gasteiger partial charge is 0.382 e. The van der Waals surface area contributed by atoms with Crippen LogP contribution in [0.2, 0.25) is 0 Å². The number of benzene rings is 1. The minimum absolute atomic E-state index is 0.255. The molecule has 2 N–H and O–H groups in total. The fourth-order valence-corrected chi connectivity index (χ4v) is 2.93. The van der Waals surface area contributed by atoms with E-state index in [0.717, 1.165) is 13.0 Å². The maximum atomic E-state index is 3.78. The molecule has 100 valence electrons. The third-order valence-electron chi connectivity index (χ3n) is 3.94. The van der Waals surface area contributed by atoms with Crippen molar-refractivity contribution in [2.45, 2.75) is 58.5 Å². The number of aryl methyl sites for hydroxylation is 2. The van der Waals surface area contributed by atoms with Crippen LogP contribution in [0.5, 0.6) is 0 Å². The highest BCUT2D eigenvalue weighted by Crippen LogP contribution is 2.26. The van der Waals surface area contributed by atoms with Crippen molar-refractivity contribution in [2.24, 2.45) is 0 Å². The molecule has 0 bridgehead atoms. The molecule has 1 fully saturated rings. The van der Waals surface area contributed by atoms with Crippen LogP contribution < -0.4 is 10.6 Å². The Hall–Kier alpha value is -1.02. The van der Waals surface area contributed by atoms with Crippen molar-refractivity contribution in [1.29, 1.82) is 0 Å². The van der Waals surface area contributed by atoms with Gasteiger partial charge in [-0.3, -0.25) is 0 Å². The molecule has 1 aromatic carbocycles. The van der Waals surface area contributed by atoms with Gasteiger partial charge in [-0.25, -0.2) is 0 Å². The summed E-state index contributed by atoms with van der Waals surface area (Å²) in [5, 5.41) is 7.36. The summed E-state index contributed by atoms with van der Waals surface area (Å²) in [4.78, 5) is 0. The Balaban J connectivity index is 2.14. The maximum absolute atomic E-state index is 3.78. The second kappa shape index (κ2) is 5.31. The monoisotopic (exact) mass is 246 g/mol. The van der Waals surface area contributed by atoms with Crippen LogP contribution in [-0.4, -0.2) is 18.1 Å². The Morgan fingerprint density at radius 1 is 1.39 bits per heavy atom. The van der Waals surface area contributed by atoms with E-state index in [1.165, 1.54) is 29.7 Å². The Bertz CT molecular complexity index is 410. The second-order valence-corrected chi connectivity index (χ2v) is 6.11. The van der Waals surface area contributed by atoms with Crippen LogP contribution in [0.15, 0.2) is 18.2 Å². The van der Waals surface area contributed by atoms with Crippen LogP contribution in [-0.2, 0) is 6.42 Å². The van der Waals surface area contributed by atoms with Crippen LogP contribution in [0, 0.1) is 6.92 Å². The van der Waals surface area contributed by atoms with E-state index in [4.69, 9.17) is 0 Å². The SMILES string of the molecule is CCc1cccc(C)c1NC1CCNC(C)(C)C1. The molecule has 2 nitrogen and oxygen atoms in total. The molecule has 0 spiro atoms. The smallest absolute Gasteiger partial charge is 0.0404 e. The lowest BCUT2D eigenvalue weighted by Gasteiger charge is -2.37. The van der Waals surface area contributed by atoms with Crippen LogP contribution in [0.4, 0.5) is 5.69 Å². The third kappa shape index (κ3) is 3.05. The summed E-state index contributed by atoms with van der Waals surface area (Å²) in [5.74, 6) is 0. The molecule has 1 aliphatic heterocycles. The summed E-state index contributed by atoms with van der Waals surface area (Å²) in [6, 6.07) is 7.19. The Morgan fingerprint density at radius 2 is 2.17 bits per heavy atom. The summed E-state index contributed by atoms with van der Waals surface area (Å²) >= 11 is 0. The molecule has 0 aliphatic carbocycles. The van der Waals surface area contributed by atoms with Crippen LogP contribution in [0.3, 0.4) is 0 Å². The molecule has 0 amide bonds. The quantitative estimate of drug-likeness (QED) is 0.853. The predicted octanol–water partition coefficient (Wildman–Crippen LogP) is 3.50. The van der Waals surface area contributed by atoms with Crippen LogP contribution in [0.25, 0.3) is 0 Å². The molecular weight excluding hydrogens is 220 g/mol. The van der Waals surface area contributed by atoms with Gasteiger partial charge < -0.3 is 10.6 Å². The number of hydrogen-bond donors (Lipinski definition) is 2. The fraction of sp³-hybridized carbons (Fsp3) is 0.625. The molecule has 1 aliphatic rings. The molecule has 0 saturated carbocycles. The van der Waals surface area contributed by atoms with Gasteiger partial charge in [0.15, 0.2) is 0 Å². The van der Waals surface area contributed by atoms with Gasteiger partial charge in [0, 0.05) is 17.3 Å². The lowest BCUT2D eigenvalue weighted by molar-refractivity contribution is 0.286. The number of anilines is 1. The predicted molar refractivity (Wildman–Crippen MR) is 79.3 cm³/mol. The van der Waals surface area contributed by atoms with Gasteiger partial charge in [0.05, 0.1) is 0 Å². The molecule has 1 heterocycles. The topological polar surface area (TPSA) is 24.1 Å². The first-order valence-electron chi connectivity index (χ1n) is 7.12. The third-order valence-corrected chi connectivity index (χ3v) is 3.94. The second-order valence-electron chi connectivity index (χ2n) is 6.11. The zero-order valence-electron chi connectivity index (χ0n) is 12.1. The van der Waals surface area contributed by atoms with Crippen LogP contribution in [0.1, 0.15) is 44.7 Å². The zero-order valence-corrected chi connectivity index (χ0v) is 12.1. The first-order valence-corrected chi connectivity index (χ1v) is 7.12. The number of hydrogen-bond acceptors (Lipinski definition) is 2. The van der Waals surface area contributed by atoms with Gasteiger partial charge in [0.2, 0.25) is 0 Å². The van der Waals surface area contributed by atoms with Gasteiger partial charge in [0.25, 0.3) is 0 Å². The highest BCUT2D eigenvalue weighted by atomic mass is 15.0. The highest BCUT2D eigenvalue weighted by Gasteiger charge is 2.27. The number of piperidine rings is 1. The molecule has 0 radical (unpaired) electrons. The van der Waals surface area contributed by atoms with E-state index in [1.54, 1.807) is 0 Å². The molecule has 1 aromatic rings. The molecule has 2 heteroatoms. The van der Waals surface area contributed by atoms with Crippen molar-refractivity contribution in [3.05, 3.63) is 29.3 Å². The van der Waals surface area contributed by atoms with Crippen molar-refractivity contribution in [1.82, 2.24) is 5.32 Å². The van der Waals surface area contributed by atoms with Gasteiger partial charge in [-0.1, -0.05) is 25.1 Å². The van der Waals surface area contributed by atoms with Gasteiger partial charge in [0.1, 0.15) is 0 Å². The average molecular weight is 246 g/mol. The minimum atomic E-state index is 0.255. The molecule has 1 atom stereocenters. The zero-order chi connectivity index (χ0) is 13.2. The normalized spacial score (nSPS) is 22.8. The molecule has 1 saturated heterocycles. The number of rotatable bonds is 3. The highest BCUT2D eigenvalue weighted by molar-refractivity contribution is 5.57. The van der Waals surface area contributed by atoms with Crippen molar-refractivity contribution in [2.75, 3.05) is 11.9 Å². The molecular formula is C16H26N2. The van der Waals surface area contributed by atoms with E-state index in [1.807, 2.05) is 0 Å². The van der Waals surface area contributed by atoms with Gasteiger partial charge in [-0.05, 0) is 57.7 Å². The first kappa shape index (κ1) is 13.4. The summed E-state index contributed by atoms with van der Waals surface area (Å²) in [5.41, 5.74) is 4.42. The Kier molecular flexibility index (Phi) is 3.96. The van der Waals surface area contributed by atoms with Gasteiger partial charge >= 0.3 is 0 Å². The lowest BCUT2D eigenvalue weighted by atomic mass is 9.89. The number of nitrogens with one attached hydrogen (secondary N) is 2. The van der Waals surface area contributed by atoms with E-state index in [0.29, 0.717) is 6.04 Å². The molecule has 2 rings (SSSR count). The molecule has 0 aromatic heterocycles. The Labute approximate surface area is 111 Å². The van der Waals surface area contributed by atoms with Crippen molar-refractivity contribution < 1.29 is 0 Å². The summed E-state index contributed by atoms with van der Waals surface area (Å²) < 4.78 is 0. The van der Waals surface area contributed by atoms with Crippen LogP contribution >= 0.6 is 0 Å². The average Bonchev–Trinajstić information content (AvgIpc) is 2.30. The van der Waals surface area contributed by atoms with Crippen molar-refractivity contribution in [3.8, 4) is 0 Å². The van der Waals surface area contributed by atoms with E-state index < -0.39 is 0 Å². The van der Waals surface area contributed by atoms with Crippen molar-refractivity contribution >= 4 is 5.69 Å². The van der Waals surface area contributed by atoms with E-state index >= 15 is 0 Å². The van der Waals surface area contributed by atoms with Crippen molar-refractivity contribution in [3.63, 3.8) is 0 Å². The molecule has 1 unspecified atom stereocenters. The lowest BCUT2D eigenvalue weighted by Crippen LogP contribution is -2.50. The van der Waals surface area contributed by atoms with Gasteiger partial charge in [-0.2, -0.15) is 0 Å². The first-order chi connectivity index (χ1) is 8.52. The summed E-state index contributed by atoms with van der Waals surface area (Å²) in [7, 11) is 0. The maximum Gasteiger partial charge on any atom is 0.0404 e. The summed E-state index contributed by atoms with van der Waals surface area (Å²) in [6.45, 7) is 10.1. The number of para-hydroxylation sites is 1. The van der Waals surface area contributed by atoms with E-state index in [-0.39, 0.29) is 5.54 Å². The standard InChI is InChI=1S/C16H26N2/c1-5-13-8-6-7-12(2)15(13)18-14-9-10-17-16(3,4)11-14/h6-8,14,17-18H,5,9-11H2,1-4H3. The van der Waals surface area contributed by atoms with E-state index in [9.17, 15) is 0 Å². The fourth-order valence-electron chi connectivity index (χ4n) is 2.93.